The quantitative estimate of drug-likeness (QED) is 0.897. The fourth-order valence-corrected chi connectivity index (χ4v) is 2.35. The van der Waals surface area contributed by atoms with Crippen molar-refractivity contribution in [1.82, 2.24) is 0 Å². The van der Waals surface area contributed by atoms with E-state index in [1.807, 2.05) is 6.92 Å². The maximum atomic E-state index is 9.82. The van der Waals surface area contributed by atoms with Crippen molar-refractivity contribution in [3.05, 3.63) is 21.7 Å². The third-order valence-corrected chi connectivity index (χ3v) is 4.03. The Kier molecular flexibility index (Phi) is 2.88. The van der Waals surface area contributed by atoms with Crippen molar-refractivity contribution in [2.75, 3.05) is 7.11 Å². The van der Waals surface area contributed by atoms with Crippen LogP contribution < -0.4 is 10.5 Å². The van der Waals surface area contributed by atoms with Crippen LogP contribution in [0.4, 0.5) is 0 Å². The molecule has 0 bridgehead atoms. The predicted octanol–water partition coefficient (Wildman–Crippen LogP) is 2.51. The first-order valence-corrected chi connectivity index (χ1v) is 6.10. The summed E-state index contributed by atoms with van der Waals surface area (Å²) in [4.78, 5) is 0. The van der Waals surface area contributed by atoms with Crippen molar-refractivity contribution in [3.63, 3.8) is 0 Å². The molecule has 1 aliphatic carbocycles. The summed E-state index contributed by atoms with van der Waals surface area (Å²) < 4.78 is 6.15. The number of nitrogens with two attached hydrogens (primary N) is 1. The molecule has 88 valence electrons. The zero-order valence-corrected chi connectivity index (χ0v) is 11.1. The second kappa shape index (κ2) is 3.93. The van der Waals surface area contributed by atoms with E-state index in [4.69, 9.17) is 10.5 Å². The highest BCUT2D eigenvalue weighted by Crippen LogP contribution is 2.43. The fourth-order valence-electron chi connectivity index (χ4n) is 1.89. The predicted molar refractivity (Wildman–Crippen MR) is 67.0 cm³/mol. The molecule has 16 heavy (non-hydrogen) atoms. The van der Waals surface area contributed by atoms with Gasteiger partial charge < -0.3 is 15.6 Å². The van der Waals surface area contributed by atoms with Crippen LogP contribution in [0.25, 0.3) is 0 Å². The maximum Gasteiger partial charge on any atom is 0.164 e. The van der Waals surface area contributed by atoms with Gasteiger partial charge in [-0.3, -0.25) is 0 Å². The highest BCUT2D eigenvalue weighted by molar-refractivity contribution is 9.10. The number of hydrogen-bond donors (Lipinski definition) is 2. The normalized spacial score (nSPS) is 17.2. The van der Waals surface area contributed by atoms with Gasteiger partial charge >= 0.3 is 0 Å². The summed E-state index contributed by atoms with van der Waals surface area (Å²) in [7, 11) is 1.57. The minimum Gasteiger partial charge on any atom is -0.504 e. The number of rotatable bonds is 3. The minimum atomic E-state index is -0.0920. The van der Waals surface area contributed by atoms with E-state index in [-0.39, 0.29) is 11.3 Å². The van der Waals surface area contributed by atoms with Gasteiger partial charge in [0.25, 0.3) is 0 Å². The molecule has 1 aliphatic rings. The molecule has 4 heteroatoms. The summed E-state index contributed by atoms with van der Waals surface area (Å²) in [6, 6.07) is 1.66. The number of methoxy groups -OCH3 is 1. The maximum absolute atomic E-state index is 9.82. The number of halogens is 1. The van der Waals surface area contributed by atoms with Crippen molar-refractivity contribution in [2.24, 2.45) is 5.73 Å². The van der Waals surface area contributed by atoms with Gasteiger partial charge in [0, 0.05) is 15.6 Å². The van der Waals surface area contributed by atoms with E-state index in [1.54, 1.807) is 13.2 Å². The van der Waals surface area contributed by atoms with E-state index in [0.29, 0.717) is 5.75 Å². The Morgan fingerprint density at radius 2 is 2.19 bits per heavy atom. The van der Waals surface area contributed by atoms with E-state index in [9.17, 15) is 5.11 Å². The van der Waals surface area contributed by atoms with Crippen LogP contribution in [0, 0.1) is 6.92 Å². The zero-order chi connectivity index (χ0) is 11.9. The molecule has 3 N–H and O–H groups in total. The van der Waals surface area contributed by atoms with Gasteiger partial charge in [-0.05, 0) is 37.8 Å². The molecule has 0 saturated heterocycles. The van der Waals surface area contributed by atoms with Gasteiger partial charge in [0.1, 0.15) is 0 Å². The van der Waals surface area contributed by atoms with Crippen LogP contribution in [0.1, 0.15) is 24.0 Å². The highest BCUT2D eigenvalue weighted by atomic mass is 79.9. The Morgan fingerprint density at radius 1 is 1.56 bits per heavy atom. The van der Waals surface area contributed by atoms with Crippen LogP contribution in [-0.4, -0.2) is 17.8 Å². The molecule has 0 aliphatic heterocycles. The number of aromatic hydroxyl groups is 1. The Balaban J connectivity index is 2.47. The summed E-state index contributed by atoms with van der Waals surface area (Å²) in [5.74, 6) is 0.719. The number of ether oxygens (including phenoxy) is 1. The third kappa shape index (κ3) is 2.04. The van der Waals surface area contributed by atoms with Gasteiger partial charge in [0.15, 0.2) is 11.5 Å². The molecule has 0 amide bonds. The summed E-state index contributed by atoms with van der Waals surface area (Å²) in [5, 5.41) is 9.82. The molecule has 0 spiro atoms. The number of phenolic OH excluding ortho intramolecular Hbond substituents is 1. The van der Waals surface area contributed by atoms with Gasteiger partial charge in [-0.1, -0.05) is 15.9 Å². The minimum absolute atomic E-state index is 0.0920. The van der Waals surface area contributed by atoms with Crippen LogP contribution >= 0.6 is 15.9 Å². The molecule has 0 heterocycles. The topological polar surface area (TPSA) is 55.5 Å². The van der Waals surface area contributed by atoms with Gasteiger partial charge in [0.05, 0.1) is 7.11 Å². The smallest absolute Gasteiger partial charge is 0.164 e. The van der Waals surface area contributed by atoms with Crippen molar-refractivity contribution in [1.29, 1.82) is 0 Å². The first-order valence-electron chi connectivity index (χ1n) is 5.31. The average molecular weight is 286 g/mol. The van der Waals surface area contributed by atoms with Crippen molar-refractivity contribution in [3.8, 4) is 11.5 Å². The molecule has 0 unspecified atom stereocenters. The fraction of sp³-hybridized carbons (Fsp3) is 0.500. The molecule has 2 rings (SSSR count). The average Bonchev–Trinajstić information content (AvgIpc) is 2.93. The van der Waals surface area contributed by atoms with Crippen LogP contribution in [0.3, 0.4) is 0 Å². The lowest BCUT2D eigenvalue weighted by Crippen LogP contribution is -2.25. The van der Waals surface area contributed by atoms with E-state index < -0.39 is 0 Å². The third-order valence-electron chi connectivity index (χ3n) is 3.21. The Bertz CT molecular complexity index is 428. The molecule has 0 atom stereocenters. The Hall–Kier alpha value is -0.740. The first kappa shape index (κ1) is 11.7. The van der Waals surface area contributed by atoms with E-state index in [1.165, 1.54) is 0 Å². The molecular weight excluding hydrogens is 270 g/mol. The number of hydrogen-bond acceptors (Lipinski definition) is 3. The summed E-state index contributed by atoms with van der Waals surface area (Å²) in [6.07, 6.45) is 2.85. The highest BCUT2D eigenvalue weighted by Gasteiger charge is 2.39. The van der Waals surface area contributed by atoms with Crippen LogP contribution in [0.2, 0.25) is 0 Å². The Labute approximate surface area is 104 Å². The van der Waals surface area contributed by atoms with Gasteiger partial charge in [0.2, 0.25) is 0 Å². The second-order valence-corrected chi connectivity index (χ2v) is 5.41. The van der Waals surface area contributed by atoms with Crippen molar-refractivity contribution < 1.29 is 9.84 Å². The second-order valence-electron chi connectivity index (χ2n) is 4.55. The summed E-state index contributed by atoms with van der Waals surface area (Å²) in [5.41, 5.74) is 8.12. The molecule has 1 aromatic carbocycles. The largest absolute Gasteiger partial charge is 0.504 e. The molecule has 1 aromatic rings. The van der Waals surface area contributed by atoms with Crippen LogP contribution in [0.5, 0.6) is 11.5 Å². The van der Waals surface area contributed by atoms with Crippen molar-refractivity contribution in [2.45, 2.75) is 31.7 Å². The molecule has 0 aromatic heterocycles. The summed E-state index contributed by atoms with van der Waals surface area (Å²) in [6.45, 7) is 2.01. The lowest BCUT2D eigenvalue weighted by Gasteiger charge is -2.17. The Morgan fingerprint density at radius 3 is 2.69 bits per heavy atom. The standard InChI is InChI=1S/C12H16BrNO2/c1-7-8(6-12(14)3-4-12)11(16-2)10(15)5-9(7)13/h5,15H,3-4,6,14H2,1-2H3. The monoisotopic (exact) mass is 285 g/mol. The first-order chi connectivity index (χ1) is 7.47. The zero-order valence-electron chi connectivity index (χ0n) is 9.51. The molecule has 0 radical (unpaired) electrons. The molecule has 3 nitrogen and oxygen atoms in total. The van der Waals surface area contributed by atoms with E-state index in [0.717, 1.165) is 34.9 Å². The lowest BCUT2D eigenvalue weighted by atomic mass is 9.98. The lowest BCUT2D eigenvalue weighted by molar-refractivity contribution is 0.367. The number of phenols is 1. The van der Waals surface area contributed by atoms with E-state index in [2.05, 4.69) is 15.9 Å². The van der Waals surface area contributed by atoms with Crippen molar-refractivity contribution >= 4 is 15.9 Å². The van der Waals surface area contributed by atoms with Gasteiger partial charge in [-0.15, -0.1) is 0 Å². The molecule has 1 fully saturated rings. The van der Waals surface area contributed by atoms with Crippen LogP contribution in [0.15, 0.2) is 10.5 Å². The molecule has 1 saturated carbocycles. The summed E-state index contributed by atoms with van der Waals surface area (Å²) >= 11 is 3.43. The SMILES string of the molecule is COc1c(O)cc(Br)c(C)c1CC1(N)CC1. The van der Waals surface area contributed by atoms with Gasteiger partial charge in [-0.2, -0.15) is 0 Å². The number of benzene rings is 1. The molecular formula is C12H16BrNO2. The van der Waals surface area contributed by atoms with Gasteiger partial charge in [-0.25, -0.2) is 0 Å². The van der Waals surface area contributed by atoms with Crippen LogP contribution in [-0.2, 0) is 6.42 Å². The van der Waals surface area contributed by atoms with E-state index >= 15 is 0 Å².